The van der Waals surface area contributed by atoms with E-state index in [9.17, 15) is 18.4 Å². The van der Waals surface area contributed by atoms with Crippen molar-refractivity contribution in [3.05, 3.63) is 111 Å². The van der Waals surface area contributed by atoms with Gasteiger partial charge in [0, 0.05) is 23.3 Å². The Labute approximate surface area is 183 Å². The molecule has 1 heterocycles. The predicted molar refractivity (Wildman–Crippen MR) is 120 cm³/mol. The summed E-state index contributed by atoms with van der Waals surface area (Å²) >= 11 is 0. The van der Waals surface area contributed by atoms with Crippen LogP contribution in [0.15, 0.2) is 77.6 Å². The van der Waals surface area contributed by atoms with E-state index in [1.807, 2.05) is 25.1 Å². The Balaban J connectivity index is 1.64. The first-order chi connectivity index (χ1) is 15.4. The van der Waals surface area contributed by atoms with E-state index in [1.165, 1.54) is 41.3 Å². The van der Waals surface area contributed by atoms with Crippen LogP contribution in [0.4, 0.5) is 19.3 Å². The van der Waals surface area contributed by atoms with Crippen molar-refractivity contribution >= 4 is 22.6 Å². The second-order valence-corrected chi connectivity index (χ2v) is 7.63. The monoisotopic (exact) mass is 433 g/mol. The zero-order valence-electron chi connectivity index (χ0n) is 17.4. The second kappa shape index (κ2) is 9.01. The minimum Gasteiger partial charge on any atom is -0.322 e. The van der Waals surface area contributed by atoms with E-state index in [-0.39, 0.29) is 24.5 Å². The molecule has 162 valence electrons. The van der Waals surface area contributed by atoms with Crippen LogP contribution in [0.3, 0.4) is 0 Å². The SMILES string of the molecule is Cc1ccc2cc(CN(Cc3ccc(F)cc3)C(=O)Nc3ccc(F)cc3)c(=O)[nH]c2c1. The van der Waals surface area contributed by atoms with Gasteiger partial charge in [0.05, 0.1) is 6.54 Å². The van der Waals surface area contributed by atoms with E-state index in [0.29, 0.717) is 16.8 Å². The molecular weight excluding hydrogens is 412 g/mol. The number of carbonyl (C=O) groups excluding carboxylic acids is 1. The minimum atomic E-state index is -0.468. The van der Waals surface area contributed by atoms with E-state index in [0.717, 1.165) is 16.5 Å². The highest BCUT2D eigenvalue weighted by molar-refractivity contribution is 5.89. The summed E-state index contributed by atoms with van der Waals surface area (Å²) in [5, 5.41) is 3.57. The number of nitrogens with zero attached hydrogens (tertiary/aromatic N) is 1. The zero-order valence-corrected chi connectivity index (χ0v) is 17.4. The highest BCUT2D eigenvalue weighted by atomic mass is 19.1. The van der Waals surface area contributed by atoms with Crippen molar-refractivity contribution in [3.63, 3.8) is 0 Å². The average molecular weight is 433 g/mol. The quantitative estimate of drug-likeness (QED) is 0.446. The molecule has 3 aromatic carbocycles. The van der Waals surface area contributed by atoms with Gasteiger partial charge in [-0.1, -0.05) is 24.3 Å². The molecule has 0 unspecified atom stereocenters. The summed E-state index contributed by atoms with van der Waals surface area (Å²) in [5.74, 6) is -0.790. The highest BCUT2D eigenvalue weighted by Crippen LogP contribution is 2.17. The molecular formula is C25H21F2N3O2. The summed E-state index contributed by atoms with van der Waals surface area (Å²) in [5.41, 5.74) is 2.99. The number of halogens is 2. The number of H-pyrrole nitrogens is 1. The van der Waals surface area contributed by atoms with Crippen molar-refractivity contribution in [2.75, 3.05) is 5.32 Å². The first kappa shape index (κ1) is 21.2. The summed E-state index contributed by atoms with van der Waals surface area (Å²) in [7, 11) is 0. The second-order valence-electron chi connectivity index (χ2n) is 7.63. The molecule has 5 nitrogen and oxygen atoms in total. The summed E-state index contributed by atoms with van der Waals surface area (Å²) in [6.45, 7) is 2.12. The standard InChI is InChI=1S/C25H21F2N3O2/c1-16-2-5-18-13-19(24(31)29-23(18)12-16)15-30(14-17-3-6-20(26)7-4-17)25(32)28-22-10-8-21(27)9-11-22/h2-13H,14-15H2,1H3,(H,28,32)(H,29,31). The molecule has 2 amide bonds. The Morgan fingerprint density at radius 2 is 1.56 bits per heavy atom. The lowest BCUT2D eigenvalue weighted by Crippen LogP contribution is -2.35. The third-order valence-electron chi connectivity index (χ3n) is 5.11. The van der Waals surface area contributed by atoms with Crippen LogP contribution in [-0.2, 0) is 13.1 Å². The fraction of sp³-hybridized carbons (Fsp3) is 0.120. The topological polar surface area (TPSA) is 65.2 Å². The van der Waals surface area contributed by atoms with Gasteiger partial charge in [-0.25, -0.2) is 13.6 Å². The third kappa shape index (κ3) is 5.00. The first-order valence-corrected chi connectivity index (χ1v) is 10.1. The van der Waals surface area contributed by atoms with Crippen molar-refractivity contribution in [2.45, 2.75) is 20.0 Å². The number of benzene rings is 3. The van der Waals surface area contributed by atoms with E-state index in [4.69, 9.17) is 0 Å². The lowest BCUT2D eigenvalue weighted by atomic mass is 10.1. The molecule has 0 radical (unpaired) electrons. The van der Waals surface area contributed by atoms with Crippen molar-refractivity contribution in [3.8, 4) is 0 Å². The van der Waals surface area contributed by atoms with E-state index < -0.39 is 11.8 Å². The van der Waals surface area contributed by atoms with Crippen LogP contribution in [0.2, 0.25) is 0 Å². The number of hydrogen-bond donors (Lipinski definition) is 2. The average Bonchev–Trinajstić information content (AvgIpc) is 2.77. The number of hydrogen-bond acceptors (Lipinski definition) is 2. The Morgan fingerprint density at radius 3 is 2.25 bits per heavy atom. The number of anilines is 1. The number of aryl methyl sites for hydroxylation is 1. The summed E-state index contributed by atoms with van der Waals surface area (Å²) in [4.78, 5) is 30.0. The van der Waals surface area contributed by atoms with Gasteiger partial charge >= 0.3 is 6.03 Å². The number of rotatable bonds is 5. The molecule has 1 aromatic heterocycles. The van der Waals surface area contributed by atoms with Gasteiger partial charge in [-0.3, -0.25) is 4.79 Å². The Morgan fingerprint density at radius 1 is 0.906 bits per heavy atom. The summed E-state index contributed by atoms with van der Waals surface area (Å²) in [6, 6.07) is 18.2. The van der Waals surface area contributed by atoms with Gasteiger partial charge in [-0.05, 0) is 72.0 Å². The molecule has 0 aliphatic rings. The number of fused-ring (bicyclic) bond motifs is 1. The number of aromatic amines is 1. The minimum absolute atomic E-state index is 0.0313. The van der Waals surface area contributed by atoms with Crippen molar-refractivity contribution in [1.29, 1.82) is 0 Å². The maximum atomic E-state index is 13.3. The molecule has 32 heavy (non-hydrogen) atoms. The maximum Gasteiger partial charge on any atom is 0.322 e. The number of carbonyl (C=O) groups is 1. The lowest BCUT2D eigenvalue weighted by molar-refractivity contribution is 0.206. The van der Waals surface area contributed by atoms with E-state index in [2.05, 4.69) is 10.3 Å². The maximum absolute atomic E-state index is 13.3. The predicted octanol–water partition coefficient (Wildman–Crippen LogP) is 5.35. The largest absolute Gasteiger partial charge is 0.322 e. The van der Waals surface area contributed by atoms with Gasteiger partial charge < -0.3 is 15.2 Å². The van der Waals surface area contributed by atoms with Gasteiger partial charge in [0.15, 0.2) is 0 Å². The Kier molecular flexibility index (Phi) is 5.98. The van der Waals surface area contributed by atoms with Crippen molar-refractivity contribution in [2.24, 2.45) is 0 Å². The molecule has 0 saturated carbocycles. The molecule has 7 heteroatoms. The first-order valence-electron chi connectivity index (χ1n) is 10.1. The smallest absolute Gasteiger partial charge is 0.322 e. The van der Waals surface area contributed by atoms with Gasteiger partial charge in [-0.15, -0.1) is 0 Å². The third-order valence-corrected chi connectivity index (χ3v) is 5.11. The normalized spacial score (nSPS) is 10.8. The van der Waals surface area contributed by atoms with E-state index in [1.54, 1.807) is 18.2 Å². The number of nitrogens with one attached hydrogen (secondary N) is 2. The fourth-order valence-electron chi connectivity index (χ4n) is 3.43. The lowest BCUT2D eigenvalue weighted by Gasteiger charge is -2.23. The highest BCUT2D eigenvalue weighted by Gasteiger charge is 2.17. The molecule has 0 atom stereocenters. The van der Waals surface area contributed by atoms with E-state index >= 15 is 0 Å². The number of amides is 2. The number of aromatic nitrogens is 1. The summed E-state index contributed by atoms with van der Waals surface area (Å²) < 4.78 is 26.5. The van der Waals surface area contributed by atoms with Crippen LogP contribution in [-0.4, -0.2) is 15.9 Å². The molecule has 0 aliphatic heterocycles. The zero-order chi connectivity index (χ0) is 22.7. The molecule has 4 rings (SSSR count). The van der Waals surface area contributed by atoms with Gasteiger partial charge in [0.25, 0.3) is 5.56 Å². The van der Waals surface area contributed by atoms with Crippen molar-refractivity contribution in [1.82, 2.24) is 9.88 Å². The molecule has 0 bridgehead atoms. The van der Waals surface area contributed by atoms with Crippen LogP contribution in [0.25, 0.3) is 10.9 Å². The van der Waals surface area contributed by atoms with Crippen LogP contribution in [0.1, 0.15) is 16.7 Å². The molecule has 4 aromatic rings. The van der Waals surface area contributed by atoms with Gasteiger partial charge in [-0.2, -0.15) is 0 Å². The fourth-order valence-corrected chi connectivity index (χ4v) is 3.43. The molecule has 0 fully saturated rings. The Hall–Kier alpha value is -4.00. The van der Waals surface area contributed by atoms with Gasteiger partial charge in [0.1, 0.15) is 11.6 Å². The molecule has 2 N–H and O–H groups in total. The molecule has 0 saturated heterocycles. The molecule has 0 spiro atoms. The number of urea groups is 1. The molecule has 0 aliphatic carbocycles. The van der Waals surface area contributed by atoms with Crippen LogP contribution >= 0.6 is 0 Å². The van der Waals surface area contributed by atoms with Crippen LogP contribution in [0.5, 0.6) is 0 Å². The number of pyridine rings is 1. The van der Waals surface area contributed by atoms with Crippen LogP contribution < -0.4 is 10.9 Å². The van der Waals surface area contributed by atoms with Crippen LogP contribution in [0, 0.1) is 18.6 Å². The van der Waals surface area contributed by atoms with Gasteiger partial charge in [0.2, 0.25) is 0 Å². The summed E-state index contributed by atoms with van der Waals surface area (Å²) in [6.07, 6.45) is 0. The Bertz CT molecular complexity index is 1320. The van der Waals surface area contributed by atoms with Crippen molar-refractivity contribution < 1.29 is 13.6 Å².